The van der Waals surface area contributed by atoms with Crippen molar-refractivity contribution in [1.82, 2.24) is 0 Å². The maximum absolute atomic E-state index is 11.3. The normalized spacial score (nSPS) is 20.6. The van der Waals surface area contributed by atoms with Gasteiger partial charge in [0.25, 0.3) is 0 Å². The van der Waals surface area contributed by atoms with Crippen molar-refractivity contribution in [2.24, 2.45) is 5.92 Å². The summed E-state index contributed by atoms with van der Waals surface area (Å²) < 4.78 is 5.45. The van der Waals surface area contributed by atoms with Gasteiger partial charge >= 0.3 is 5.97 Å². The summed E-state index contributed by atoms with van der Waals surface area (Å²) in [6.07, 6.45) is 13.4. The second-order valence-corrected chi connectivity index (χ2v) is 6.61. The molecule has 132 valence electrons. The van der Waals surface area contributed by atoms with Gasteiger partial charge in [-0.05, 0) is 25.7 Å². The third-order valence-electron chi connectivity index (χ3n) is 4.59. The van der Waals surface area contributed by atoms with Gasteiger partial charge in [-0.25, -0.2) is 0 Å². The van der Waals surface area contributed by atoms with Crippen LogP contribution in [-0.2, 0) is 9.53 Å². The van der Waals surface area contributed by atoms with Crippen LogP contribution in [0, 0.1) is 17.8 Å². The van der Waals surface area contributed by atoms with Gasteiger partial charge in [0.05, 0.1) is 18.1 Å². The van der Waals surface area contributed by atoms with Gasteiger partial charge in [-0.15, -0.1) is 11.8 Å². The molecule has 3 heteroatoms. The fourth-order valence-corrected chi connectivity index (χ4v) is 2.99. The predicted octanol–water partition coefficient (Wildman–Crippen LogP) is 5.18. The van der Waals surface area contributed by atoms with E-state index in [4.69, 9.17) is 4.74 Å². The molecule has 0 amide bonds. The van der Waals surface area contributed by atoms with Crippen molar-refractivity contribution < 1.29 is 14.6 Å². The Bertz CT molecular complexity index is 380. The zero-order valence-corrected chi connectivity index (χ0v) is 15.0. The number of ether oxygens (including phenoxy) is 1. The number of unbranched alkanes of at least 4 members (excludes halogenated alkanes) is 8. The largest absolute Gasteiger partial charge is 0.481 e. The van der Waals surface area contributed by atoms with Crippen LogP contribution in [0.4, 0.5) is 0 Å². The summed E-state index contributed by atoms with van der Waals surface area (Å²) in [7, 11) is 0. The van der Waals surface area contributed by atoms with Crippen LogP contribution in [0.3, 0.4) is 0 Å². The standard InChI is InChI=1S/C20H34O3/c1-3-5-6-7-8-9-10-11-12-13-14-15-16-17(20(21)22)19-18(4-2)23-19/h17-19H,3-6,9-16H2,1-2H3,(H,21,22)/t17-,18?,19?/m0/s1. The first-order valence-electron chi connectivity index (χ1n) is 9.54. The lowest BCUT2D eigenvalue weighted by Gasteiger charge is -2.09. The van der Waals surface area contributed by atoms with E-state index in [1.54, 1.807) is 0 Å². The summed E-state index contributed by atoms with van der Waals surface area (Å²) in [6, 6.07) is 0. The SMILES string of the molecule is CCCCC#CCCCCCCCC[C@H](C(=O)O)C1OC1CC. The number of hydrogen-bond acceptors (Lipinski definition) is 2. The fourth-order valence-electron chi connectivity index (χ4n) is 2.99. The molecule has 1 heterocycles. The van der Waals surface area contributed by atoms with Crippen molar-refractivity contribution in [2.75, 3.05) is 0 Å². The molecule has 3 atom stereocenters. The van der Waals surface area contributed by atoms with E-state index in [2.05, 4.69) is 25.7 Å². The first-order valence-corrected chi connectivity index (χ1v) is 9.54. The minimum Gasteiger partial charge on any atom is -0.481 e. The molecule has 0 spiro atoms. The summed E-state index contributed by atoms with van der Waals surface area (Å²) >= 11 is 0. The van der Waals surface area contributed by atoms with Gasteiger partial charge in [0.1, 0.15) is 0 Å². The third-order valence-corrected chi connectivity index (χ3v) is 4.59. The Balaban J connectivity index is 1.94. The van der Waals surface area contributed by atoms with Crippen LogP contribution in [-0.4, -0.2) is 23.3 Å². The Labute approximate surface area is 142 Å². The maximum Gasteiger partial charge on any atom is 0.309 e. The van der Waals surface area contributed by atoms with E-state index in [1.165, 1.54) is 38.5 Å². The molecule has 0 aliphatic carbocycles. The van der Waals surface area contributed by atoms with E-state index in [1.807, 2.05) is 0 Å². The third kappa shape index (κ3) is 9.01. The number of hydrogen-bond donors (Lipinski definition) is 1. The van der Waals surface area contributed by atoms with Gasteiger partial charge in [0.15, 0.2) is 0 Å². The quantitative estimate of drug-likeness (QED) is 0.289. The molecule has 1 aliphatic rings. The molecule has 1 saturated heterocycles. The molecular formula is C20H34O3. The molecule has 1 N–H and O–H groups in total. The minimum absolute atomic E-state index is 0.0243. The summed E-state index contributed by atoms with van der Waals surface area (Å²) in [5.74, 6) is 5.50. The highest BCUT2D eigenvalue weighted by Gasteiger charge is 2.46. The van der Waals surface area contributed by atoms with Crippen LogP contribution in [0.1, 0.15) is 90.9 Å². The first kappa shape index (κ1) is 20.0. The highest BCUT2D eigenvalue weighted by molar-refractivity contribution is 5.71. The highest BCUT2D eigenvalue weighted by Crippen LogP contribution is 2.34. The van der Waals surface area contributed by atoms with E-state index >= 15 is 0 Å². The smallest absolute Gasteiger partial charge is 0.309 e. The van der Waals surface area contributed by atoms with Crippen molar-refractivity contribution in [2.45, 2.75) is 103 Å². The van der Waals surface area contributed by atoms with Crippen LogP contribution >= 0.6 is 0 Å². The molecule has 2 unspecified atom stereocenters. The van der Waals surface area contributed by atoms with E-state index in [0.717, 1.165) is 38.5 Å². The van der Waals surface area contributed by atoms with Gasteiger partial charge in [0, 0.05) is 12.8 Å². The van der Waals surface area contributed by atoms with Crippen LogP contribution in [0.5, 0.6) is 0 Å². The molecule has 1 fully saturated rings. The van der Waals surface area contributed by atoms with Crippen molar-refractivity contribution >= 4 is 5.97 Å². The highest BCUT2D eigenvalue weighted by atomic mass is 16.6. The molecule has 0 aromatic heterocycles. The lowest BCUT2D eigenvalue weighted by Crippen LogP contribution is -2.21. The fraction of sp³-hybridized carbons (Fsp3) is 0.850. The second kappa shape index (κ2) is 12.4. The zero-order valence-electron chi connectivity index (χ0n) is 15.0. The average molecular weight is 322 g/mol. The summed E-state index contributed by atoms with van der Waals surface area (Å²) in [4.78, 5) is 11.3. The number of carboxylic acid groups (broad SMARTS) is 1. The maximum atomic E-state index is 11.3. The van der Waals surface area contributed by atoms with Crippen molar-refractivity contribution in [1.29, 1.82) is 0 Å². The van der Waals surface area contributed by atoms with Crippen molar-refractivity contribution in [3.05, 3.63) is 0 Å². The topological polar surface area (TPSA) is 49.8 Å². The van der Waals surface area contributed by atoms with E-state index in [9.17, 15) is 9.90 Å². The zero-order chi connectivity index (χ0) is 16.9. The molecule has 0 radical (unpaired) electrons. The Hall–Kier alpha value is -1.01. The Morgan fingerprint density at radius 2 is 1.61 bits per heavy atom. The molecule has 0 saturated carbocycles. The molecule has 0 aromatic carbocycles. The summed E-state index contributed by atoms with van der Waals surface area (Å²) in [5.41, 5.74) is 0. The summed E-state index contributed by atoms with van der Waals surface area (Å²) in [5, 5.41) is 9.28. The molecule has 0 aromatic rings. The summed E-state index contributed by atoms with van der Waals surface area (Å²) in [6.45, 7) is 4.25. The Morgan fingerprint density at radius 3 is 2.17 bits per heavy atom. The van der Waals surface area contributed by atoms with Crippen molar-refractivity contribution in [3.8, 4) is 11.8 Å². The second-order valence-electron chi connectivity index (χ2n) is 6.61. The predicted molar refractivity (Wildman–Crippen MR) is 94.3 cm³/mol. The van der Waals surface area contributed by atoms with Gasteiger partial charge in [-0.2, -0.15) is 0 Å². The molecule has 0 bridgehead atoms. The Kier molecular flexibility index (Phi) is 10.8. The van der Waals surface area contributed by atoms with Gasteiger partial charge in [0.2, 0.25) is 0 Å². The molecule has 23 heavy (non-hydrogen) atoms. The number of epoxide rings is 1. The number of rotatable bonds is 13. The average Bonchev–Trinajstić information content (AvgIpc) is 3.31. The molecule has 1 aliphatic heterocycles. The van der Waals surface area contributed by atoms with E-state index in [-0.39, 0.29) is 18.1 Å². The van der Waals surface area contributed by atoms with Crippen LogP contribution in [0.15, 0.2) is 0 Å². The van der Waals surface area contributed by atoms with E-state index in [0.29, 0.717) is 0 Å². The molecule has 3 nitrogen and oxygen atoms in total. The monoisotopic (exact) mass is 322 g/mol. The number of carbonyl (C=O) groups is 1. The van der Waals surface area contributed by atoms with Gasteiger partial charge in [-0.3, -0.25) is 4.79 Å². The van der Waals surface area contributed by atoms with Crippen LogP contribution in [0.25, 0.3) is 0 Å². The lowest BCUT2D eigenvalue weighted by atomic mass is 9.95. The van der Waals surface area contributed by atoms with Crippen molar-refractivity contribution in [3.63, 3.8) is 0 Å². The van der Waals surface area contributed by atoms with Gasteiger partial charge in [-0.1, -0.05) is 52.4 Å². The number of carboxylic acids is 1. The molecule has 1 rings (SSSR count). The van der Waals surface area contributed by atoms with Crippen LogP contribution < -0.4 is 0 Å². The van der Waals surface area contributed by atoms with Gasteiger partial charge < -0.3 is 9.84 Å². The Morgan fingerprint density at radius 1 is 1.00 bits per heavy atom. The van der Waals surface area contributed by atoms with E-state index < -0.39 is 5.97 Å². The first-order chi connectivity index (χ1) is 11.2. The lowest BCUT2D eigenvalue weighted by molar-refractivity contribution is -0.142. The van der Waals surface area contributed by atoms with Crippen LogP contribution in [0.2, 0.25) is 0 Å². The number of aliphatic carboxylic acids is 1. The molecular weight excluding hydrogens is 288 g/mol. The minimum atomic E-state index is -0.687.